The summed E-state index contributed by atoms with van der Waals surface area (Å²) in [6.07, 6.45) is 5.28. The van der Waals surface area contributed by atoms with Gasteiger partial charge in [0.2, 0.25) is 5.79 Å². The maximum absolute atomic E-state index is 9.76. The van der Waals surface area contributed by atoms with Crippen LogP contribution in [-0.4, -0.2) is 25.1 Å². The molecule has 0 bridgehead atoms. The van der Waals surface area contributed by atoms with Crippen molar-refractivity contribution in [2.45, 2.75) is 12.7 Å². The molecule has 0 heterocycles. The van der Waals surface area contributed by atoms with E-state index in [1.54, 1.807) is 6.08 Å². The van der Waals surface area contributed by atoms with E-state index in [0.29, 0.717) is 5.76 Å². The molecule has 0 saturated carbocycles. The first-order valence-corrected chi connectivity index (χ1v) is 3.85. The van der Waals surface area contributed by atoms with Gasteiger partial charge in [-0.3, -0.25) is 0 Å². The van der Waals surface area contributed by atoms with Crippen LogP contribution in [0.15, 0.2) is 24.0 Å². The summed E-state index contributed by atoms with van der Waals surface area (Å²) in [5.74, 6) is -0.656. The second kappa shape index (κ2) is 3.29. The lowest BCUT2D eigenvalue weighted by molar-refractivity contribution is -0.144. The summed E-state index contributed by atoms with van der Waals surface area (Å²) in [5, 5.41) is 9.76. The number of methoxy groups -OCH3 is 2. The van der Waals surface area contributed by atoms with Crippen molar-refractivity contribution in [3.8, 4) is 0 Å². The Bertz CT molecular complexity index is 220. The minimum Gasteiger partial charge on any atom is -0.495 e. The molecule has 0 fully saturated rings. The smallest absolute Gasteiger partial charge is 0.245 e. The van der Waals surface area contributed by atoms with Crippen LogP contribution in [0.2, 0.25) is 0 Å². The van der Waals surface area contributed by atoms with Gasteiger partial charge in [0.25, 0.3) is 0 Å². The van der Waals surface area contributed by atoms with Gasteiger partial charge < -0.3 is 14.6 Å². The Balaban J connectivity index is 2.90. The highest BCUT2D eigenvalue weighted by Gasteiger charge is 2.32. The molecule has 1 aliphatic carbocycles. The molecule has 0 spiro atoms. The van der Waals surface area contributed by atoms with E-state index in [1.807, 2.05) is 19.1 Å². The van der Waals surface area contributed by atoms with Crippen molar-refractivity contribution in [1.29, 1.82) is 0 Å². The molecule has 12 heavy (non-hydrogen) atoms. The van der Waals surface area contributed by atoms with Crippen LogP contribution in [0, 0.1) is 5.92 Å². The van der Waals surface area contributed by atoms with E-state index in [9.17, 15) is 5.11 Å². The average Bonchev–Trinajstić information content (AvgIpc) is 2.09. The first-order chi connectivity index (χ1) is 5.62. The first kappa shape index (κ1) is 9.29. The molecule has 2 unspecified atom stereocenters. The summed E-state index contributed by atoms with van der Waals surface area (Å²) in [4.78, 5) is 0. The number of allylic oxidation sites excluding steroid dienone is 2. The Morgan fingerprint density at radius 2 is 2.17 bits per heavy atom. The molecule has 0 aromatic carbocycles. The van der Waals surface area contributed by atoms with Gasteiger partial charge >= 0.3 is 0 Å². The highest BCUT2D eigenvalue weighted by molar-refractivity contribution is 5.23. The number of hydrogen-bond acceptors (Lipinski definition) is 3. The molecule has 0 aliphatic heterocycles. The summed E-state index contributed by atoms with van der Waals surface area (Å²) < 4.78 is 9.91. The molecule has 0 aromatic heterocycles. The van der Waals surface area contributed by atoms with Crippen LogP contribution in [0.5, 0.6) is 0 Å². The molecule has 0 aromatic rings. The van der Waals surface area contributed by atoms with Gasteiger partial charge in [0.1, 0.15) is 0 Å². The Morgan fingerprint density at radius 1 is 1.50 bits per heavy atom. The summed E-state index contributed by atoms with van der Waals surface area (Å²) in [7, 11) is 2.95. The van der Waals surface area contributed by atoms with Gasteiger partial charge in [-0.05, 0) is 18.1 Å². The summed E-state index contributed by atoms with van der Waals surface area (Å²) in [6, 6.07) is 0. The zero-order valence-electron chi connectivity index (χ0n) is 7.57. The lowest BCUT2D eigenvalue weighted by Gasteiger charge is -2.28. The highest BCUT2D eigenvalue weighted by atomic mass is 16.6. The van der Waals surface area contributed by atoms with Crippen molar-refractivity contribution in [2.75, 3.05) is 14.2 Å². The monoisotopic (exact) mass is 170 g/mol. The van der Waals surface area contributed by atoms with E-state index >= 15 is 0 Å². The van der Waals surface area contributed by atoms with Crippen molar-refractivity contribution in [2.24, 2.45) is 5.92 Å². The minimum atomic E-state index is -1.37. The second-order valence-corrected chi connectivity index (χ2v) is 2.85. The van der Waals surface area contributed by atoms with E-state index in [2.05, 4.69) is 0 Å². The molecule has 1 aliphatic rings. The van der Waals surface area contributed by atoms with E-state index in [4.69, 9.17) is 9.47 Å². The predicted octanol–water partition coefficient (Wildman–Crippen LogP) is 1.06. The maximum Gasteiger partial charge on any atom is 0.245 e. The largest absolute Gasteiger partial charge is 0.495 e. The topological polar surface area (TPSA) is 38.7 Å². The van der Waals surface area contributed by atoms with Crippen molar-refractivity contribution in [1.82, 2.24) is 0 Å². The van der Waals surface area contributed by atoms with Gasteiger partial charge in [-0.25, -0.2) is 0 Å². The van der Waals surface area contributed by atoms with Crippen LogP contribution in [0.4, 0.5) is 0 Å². The molecule has 1 rings (SSSR count). The first-order valence-electron chi connectivity index (χ1n) is 3.85. The highest BCUT2D eigenvalue weighted by Crippen LogP contribution is 2.26. The van der Waals surface area contributed by atoms with Gasteiger partial charge in [0, 0.05) is 7.11 Å². The van der Waals surface area contributed by atoms with E-state index in [0.717, 1.165) is 0 Å². The van der Waals surface area contributed by atoms with Gasteiger partial charge in [-0.15, -0.1) is 0 Å². The second-order valence-electron chi connectivity index (χ2n) is 2.85. The molecule has 1 N–H and O–H groups in total. The SMILES string of the molecule is COC1=CC(C)C=CC1(O)OC. The fourth-order valence-electron chi connectivity index (χ4n) is 1.16. The van der Waals surface area contributed by atoms with Gasteiger partial charge in [-0.1, -0.05) is 13.0 Å². The van der Waals surface area contributed by atoms with E-state index < -0.39 is 5.79 Å². The molecule has 3 heteroatoms. The molecule has 3 nitrogen and oxygen atoms in total. The number of aliphatic hydroxyl groups is 1. The molecular formula is C9H14O3. The number of hydrogen-bond donors (Lipinski definition) is 1. The number of ether oxygens (including phenoxy) is 2. The molecule has 2 atom stereocenters. The summed E-state index contributed by atoms with van der Waals surface area (Å²) in [5.41, 5.74) is 0. The predicted molar refractivity (Wildman–Crippen MR) is 45.4 cm³/mol. The van der Waals surface area contributed by atoms with Crippen LogP contribution >= 0.6 is 0 Å². The van der Waals surface area contributed by atoms with Crippen molar-refractivity contribution < 1.29 is 14.6 Å². The zero-order valence-corrected chi connectivity index (χ0v) is 7.57. The third-order valence-electron chi connectivity index (χ3n) is 1.92. The van der Waals surface area contributed by atoms with Crippen molar-refractivity contribution in [3.05, 3.63) is 24.0 Å². The zero-order chi connectivity index (χ0) is 9.19. The van der Waals surface area contributed by atoms with Crippen LogP contribution in [0.25, 0.3) is 0 Å². The Labute approximate surface area is 72.3 Å². The average molecular weight is 170 g/mol. The molecular weight excluding hydrogens is 156 g/mol. The molecule has 0 radical (unpaired) electrons. The third-order valence-corrected chi connectivity index (χ3v) is 1.92. The summed E-state index contributed by atoms with van der Waals surface area (Å²) >= 11 is 0. The fraction of sp³-hybridized carbons (Fsp3) is 0.556. The molecule has 68 valence electrons. The van der Waals surface area contributed by atoms with Crippen LogP contribution < -0.4 is 0 Å². The Hall–Kier alpha value is -0.800. The fourth-order valence-corrected chi connectivity index (χ4v) is 1.16. The van der Waals surface area contributed by atoms with Crippen LogP contribution in [-0.2, 0) is 9.47 Å². The maximum atomic E-state index is 9.76. The third kappa shape index (κ3) is 1.52. The number of rotatable bonds is 2. The molecule has 0 saturated heterocycles. The Kier molecular flexibility index (Phi) is 2.55. The standard InChI is InChI=1S/C9H14O3/c1-7-4-5-9(10,12-3)8(6-7)11-2/h4-7,10H,1-3H3. The van der Waals surface area contributed by atoms with Gasteiger partial charge in [0.15, 0.2) is 5.76 Å². The normalized spacial score (nSPS) is 34.7. The van der Waals surface area contributed by atoms with Crippen LogP contribution in [0.3, 0.4) is 0 Å². The van der Waals surface area contributed by atoms with Crippen molar-refractivity contribution in [3.63, 3.8) is 0 Å². The molecule has 0 amide bonds. The lowest BCUT2D eigenvalue weighted by atomic mass is 10.00. The Morgan fingerprint density at radius 3 is 2.67 bits per heavy atom. The summed E-state index contributed by atoms with van der Waals surface area (Å²) in [6.45, 7) is 2.00. The van der Waals surface area contributed by atoms with Gasteiger partial charge in [-0.2, -0.15) is 0 Å². The van der Waals surface area contributed by atoms with Crippen LogP contribution in [0.1, 0.15) is 6.92 Å². The quantitative estimate of drug-likeness (QED) is 0.497. The van der Waals surface area contributed by atoms with Crippen molar-refractivity contribution >= 4 is 0 Å². The van der Waals surface area contributed by atoms with Gasteiger partial charge in [0.05, 0.1) is 7.11 Å². The minimum absolute atomic E-state index is 0.273. The van der Waals surface area contributed by atoms with E-state index in [-0.39, 0.29) is 5.92 Å². The lowest BCUT2D eigenvalue weighted by Crippen LogP contribution is -2.34. The van der Waals surface area contributed by atoms with E-state index in [1.165, 1.54) is 14.2 Å².